The summed E-state index contributed by atoms with van der Waals surface area (Å²) in [5, 5.41) is 9.52. The maximum Gasteiger partial charge on any atom is 0.448 e. The van der Waals surface area contributed by atoms with E-state index in [9.17, 15) is 13.7 Å². The van der Waals surface area contributed by atoms with E-state index >= 15 is 0 Å². The Balaban J connectivity index is 1.62. The fraction of sp³-hybridized carbons (Fsp3) is 0.192. The predicted molar refractivity (Wildman–Crippen MR) is 131 cm³/mol. The number of nitrogens with zero attached hydrogens (tertiary/aromatic N) is 5. The Morgan fingerprint density at radius 2 is 1.86 bits per heavy atom. The molecule has 4 aromatic rings. The monoisotopic (exact) mass is 485 g/mol. The molecule has 1 aliphatic rings. The highest BCUT2D eigenvalue weighted by molar-refractivity contribution is 7.82. The van der Waals surface area contributed by atoms with E-state index < -0.39 is 10.2 Å². The lowest BCUT2D eigenvalue weighted by Crippen LogP contribution is -2.57. The third kappa shape index (κ3) is 4.80. The van der Waals surface area contributed by atoms with Gasteiger partial charge in [-0.25, -0.2) is 4.98 Å². The van der Waals surface area contributed by atoms with Gasteiger partial charge in [-0.1, -0.05) is 40.4 Å². The molecule has 2 aromatic heterocycles. The lowest BCUT2D eigenvalue weighted by atomic mass is 10.1. The average molecular weight is 486 g/mol. The summed E-state index contributed by atoms with van der Waals surface area (Å²) < 4.78 is 30.7. The van der Waals surface area contributed by atoms with E-state index in [4.69, 9.17) is 0 Å². The standard InChI is InChI=1S/C26H25N6O2S/c27-15-22-9-10-26-23(13-22)17-32(35(33,34)31-11-5-2-6-12-31)25(14-21-7-3-1-4-8-21)19-30(26)18-24-16-28-20-29-24/h1-13,16,20,25H,14,17-19H2,(H,28,29)/q+1/t25-/m1/s1. The first-order valence-electron chi connectivity index (χ1n) is 11.3. The van der Waals surface area contributed by atoms with Crippen LogP contribution in [0.4, 0.5) is 5.69 Å². The van der Waals surface area contributed by atoms with E-state index in [-0.39, 0.29) is 12.6 Å². The van der Waals surface area contributed by atoms with E-state index in [0.29, 0.717) is 25.1 Å². The molecule has 5 rings (SSSR count). The van der Waals surface area contributed by atoms with Gasteiger partial charge in [0.25, 0.3) is 0 Å². The van der Waals surface area contributed by atoms with Gasteiger partial charge in [-0.15, -0.1) is 12.7 Å². The number of benzene rings is 2. The van der Waals surface area contributed by atoms with Crippen LogP contribution in [0.15, 0.2) is 91.6 Å². The molecule has 2 aromatic carbocycles. The normalized spacial score (nSPS) is 16.3. The van der Waals surface area contributed by atoms with Crippen molar-refractivity contribution in [3.63, 3.8) is 0 Å². The second-order valence-electron chi connectivity index (χ2n) is 8.51. The number of aromatic amines is 1. The molecule has 0 unspecified atom stereocenters. The number of aromatic nitrogens is 3. The molecule has 9 heteroatoms. The Hall–Kier alpha value is -4.00. The van der Waals surface area contributed by atoms with Crippen LogP contribution in [0.5, 0.6) is 0 Å². The van der Waals surface area contributed by atoms with Gasteiger partial charge in [0.1, 0.15) is 0 Å². The number of imidazole rings is 1. The molecular weight excluding hydrogens is 460 g/mol. The van der Waals surface area contributed by atoms with Crippen molar-refractivity contribution in [2.24, 2.45) is 0 Å². The minimum atomic E-state index is -3.88. The van der Waals surface area contributed by atoms with E-state index in [0.717, 1.165) is 22.5 Å². The van der Waals surface area contributed by atoms with Crippen LogP contribution in [0, 0.1) is 11.3 Å². The summed E-state index contributed by atoms with van der Waals surface area (Å²) in [4.78, 5) is 9.46. The van der Waals surface area contributed by atoms with Crippen molar-refractivity contribution in [2.75, 3.05) is 11.4 Å². The number of hydrogen-bond donors (Lipinski definition) is 1. The summed E-state index contributed by atoms with van der Waals surface area (Å²) in [6, 6.07) is 22.4. The van der Waals surface area contributed by atoms with Crippen molar-refractivity contribution in [2.45, 2.75) is 25.6 Å². The van der Waals surface area contributed by atoms with Gasteiger partial charge in [0.15, 0.2) is 12.4 Å². The van der Waals surface area contributed by atoms with Crippen molar-refractivity contribution in [1.29, 1.82) is 5.26 Å². The van der Waals surface area contributed by atoms with Crippen molar-refractivity contribution in [1.82, 2.24) is 14.3 Å². The van der Waals surface area contributed by atoms with Gasteiger partial charge in [0.2, 0.25) is 0 Å². The second kappa shape index (κ2) is 9.70. The Morgan fingerprint density at radius 1 is 1.09 bits per heavy atom. The van der Waals surface area contributed by atoms with Gasteiger partial charge >= 0.3 is 10.2 Å². The SMILES string of the molecule is N#Cc1ccc2c(c1)CN(S(=O)(=O)[n+]1ccccc1)[C@H](Cc1ccccc1)CN2Cc1cnc[nH]1. The largest absolute Gasteiger partial charge is 0.448 e. The number of H-pyrrole nitrogens is 1. The molecule has 1 atom stereocenters. The van der Waals surface area contributed by atoms with Crippen molar-refractivity contribution in [3.05, 3.63) is 114 Å². The van der Waals surface area contributed by atoms with Crippen molar-refractivity contribution < 1.29 is 12.4 Å². The smallest absolute Gasteiger partial charge is 0.364 e. The zero-order chi connectivity index (χ0) is 24.3. The Kier molecular flexibility index (Phi) is 6.31. The molecule has 35 heavy (non-hydrogen) atoms. The maximum atomic E-state index is 13.9. The molecule has 0 saturated carbocycles. The zero-order valence-corrected chi connectivity index (χ0v) is 19.8. The minimum Gasteiger partial charge on any atom is -0.364 e. The fourth-order valence-corrected chi connectivity index (χ4v) is 6.05. The highest BCUT2D eigenvalue weighted by Gasteiger charge is 2.40. The first-order valence-corrected chi connectivity index (χ1v) is 12.7. The highest BCUT2D eigenvalue weighted by Crippen LogP contribution is 2.31. The van der Waals surface area contributed by atoms with Crippen molar-refractivity contribution >= 4 is 15.9 Å². The maximum absolute atomic E-state index is 13.9. The summed E-state index contributed by atoms with van der Waals surface area (Å²) in [6.07, 6.45) is 7.06. The molecule has 1 aliphatic heterocycles. The zero-order valence-electron chi connectivity index (χ0n) is 19.0. The van der Waals surface area contributed by atoms with Crippen LogP contribution in [-0.2, 0) is 29.7 Å². The number of anilines is 1. The average Bonchev–Trinajstić information content (AvgIpc) is 3.35. The molecule has 176 valence electrons. The van der Waals surface area contributed by atoms with E-state index in [1.54, 1.807) is 59.6 Å². The molecule has 1 N–H and O–H groups in total. The fourth-order valence-electron chi connectivity index (χ4n) is 4.54. The predicted octanol–water partition coefficient (Wildman–Crippen LogP) is 2.80. The molecule has 8 nitrogen and oxygen atoms in total. The number of rotatable bonds is 6. The summed E-state index contributed by atoms with van der Waals surface area (Å²) in [6.45, 7) is 1.17. The lowest BCUT2D eigenvalue weighted by molar-refractivity contribution is -0.516. The van der Waals surface area contributed by atoms with Gasteiger partial charge in [-0.2, -0.15) is 5.26 Å². The second-order valence-corrected chi connectivity index (χ2v) is 10.3. The Bertz CT molecular complexity index is 1430. The third-order valence-corrected chi connectivity index (χ3v) is 7.99. The van der Waals surface area contributed by atoms with Gasteiger partial charge in [0.05, 0.1) is 36.2 Å². The first kappa shape index (κ1) is 22.8. The van der Waals surface area contributed by atoms with Crippen LogP contribution in [0.1, 0.15) is 22.4 Å². The topological polar surface area (TPSA) is 97.0 Å². The van der Waals surface area contributed by atoms with Gasteiger partial charge in [-0.3, -0.25) is 0 Å². The summed E-state index contributed by atoms with van der Waals surface area (Å²) in [7, 11) is -3.88. The molecule has 0 amide bonds. The first-order chi connectivity index (χ1) is 17.0. The van der Waals surface area contributed by atoms with E-state index in [1.807, 2.05) is 36.4 Å². The molecule has 0 saturated heterocycles. The molecule has 0 aliphatic carbocycles. The molecule has 0 bridgehead atoms. The quantitative estimate of drug-likeness (QED) is 0.424. The number of hydrogen-bond acceptors (Lipinski definition) is 5. The van der Waals surface area contributed by atoms with Crippen LogP contribution in [0.3, 0.4) is 0 Å². The summed E-state index contributed by atoms with van der Waals surface area (Å²) >= 11 is 0. The summed E-state index contributed by atoms with van der Waals surface area (Å²) in [5.74, 6) is 0. The molecule has 0 fully saturated rings. The number of pyridine rings is 1. The number of fused-ring (bicyclic) bond motifs is 1. The van der Waals surface area contributed by atoms with Crippen LogP contribution < -0.4 is 8.87 Å². The van der Waals surface area contributed by atoms with Crippen LogP contribution >= 0.6 is 0 Å². The van der Waals surface area contributed by atoms with Gasteiger partial charge < -0.3 is 9.88 Å². The van der Waals surface area contributed by atoms with E-state index in [1.165, 1.54) is 3.97 Å². The van der Waals surface area contributed by atoms with Crippen molar-refractivity contribution in [3.8, 4) is 6.07 Å². The number of nitrogens with one attached hydrogen (secondary N) is 1. The van der Waals surface area contributed by atoms with Crippen LogP contribution in [0.25, 0.3) is 0 Å². The Morgan fingerprint density at radius 3 is 2.57 bits per heavy atom. The lowest BCUT2D eigenvalue weighted by Gasteiger charge is -2.30. The minimum absolute atomic E-state index is 0.159. The highest BCUT2D eigenvalue weighted by atomic mass is 32.2. The third-order valence-electron chi connectivity index (χ3n) is 6.20. The molecular formula is C26H25N6O2S+. The molecule has 0 spiro atoms. The van der Waals surface area contributed by atoms with Gasteiger partial charge in [0, 0.05) is 37.1 Å². The molecule has 0 radical (unpaired) electrons. The van der Waals surface area contributed by atoms with Gasteiger partial charge in [-0.05, 0) is 35.7 Å². The molecule has 3 heterocycles. The van der Waals surface area contributed by atoms with E-state index in [2.05, 4.69) is 20.9 Å². The summed E-state index contributed by atoms with van der Waals surface area (Å²) in [5.41, 5.74) is 4.18. The van der Waals surface area contributed by atoms with Crippen LogP contribution in [0.2, 0.25) is 0 Å². The van der Waals surface area contributed by atoms with Crippen LogP contribution in [-0.4, -0.2) is 35.3 Å². The Labute approximate surface area is 204 Å². The number of nitriles is 1.